The average Bonchev–Trinajstić information content (AvgIpc) is 3.23. The highest BCUT2D eigenvalue weighted by Gasteiger charge is 2.13. The van der Waals surface area contributed by atoms with Crippen LogP contribution in [0.3, 0.4) is 0 Å². The maximum atomic E-state index is 11.0. The molecular weight excluding hydrogens is 428 g/mol. The van der Waals surface area contributed by atoms with Gasteiger partial charge in [-0.05, 0) is 34.4 Å². The van der Waals surface area contributed by atoms with Crippen LogP contribution in [-0.4, -0.2) is 16.8 Å². The van der Waals surface area contributed by atoms with Gasteiger partial charge in [0.15, 0.2) is 0 Å². The van der Waals surface area contributed by atoms with E-state index in [1.165, 1.54) is 5.56 Å². The fourth-order valence-electron chi connectivity index (χ4n) is 4.11. The summed E-state index contributed by atoms with van der Waals surface area (Å²) in [5, 5.41) is 11.3. The Morgan fingerprint density at radius 1 is 0.848 bits per heavy atom. The maximum absolute atomic E-state index is 11.0. The highest BCUT2D eigenvalue weighted by Crippen LogP contribution is 2.37. The van der Waals surface area contributed by atoms with Crippen LogP contribution in [0.2, 0.25) is 0 Å². The summed E-state index contributed by atoms with van der Waals surface area (Å²) in [6.45, 7) is 1.75. The monoisotopic (exact) mass is 452 g/mol. The highest BCUT2D eigenvalue weighted by molar-refractivity contribution is 7.98. The first-order chi connectivity index (χ1) is 16.1. The molecule has 0 aliphatic heterocycles. The minimum Gasteiger partial charge on any atom is -0.481 e. The molecule has 0 fully saturated rings. The molecule has 1 unspecified atom stereocenters. The van der Waals surface area contributed by atoms with Crippen molar-refractivity contribution in [1.29, 1.82) is 0 Å². The number of fused-ring (bicyclic) bond motifs is 3. The Morgan fingerprint density at radius 2 is 1.55 bits per heavy atom. The molecule has 1 heterocycles. The van der Waals surface area contributed by atoms with Crippen LogP contribution < -0.4 is 0 Å². The number of furan rings is 1. The molecule has 33 heavy (non-hydrogen) atoms. The first-order valence-corrected chi connectivity index (χ1v) is 12.2. The van der Waals surface area contributed by atoms with Gasteiger partial charge in [0.05, 0.1) is 5.92 Å². The Kier molecular flexibility index (Phi) is 5.93. The van der Waals surface area contributed by atoms with Crippen LogP contribution in [0.5, 0.6) is 0 Å². The minimum atomic E-state index is -0.743. The van der Waals surface area contributed by atoms with Crippen molar-refractivity contribution in [1.82, 2.24) is 0 Å². The Hall–Kier alpha value is -3.50. The van der Waals surface area contributed by atoms with E-state index in [0.29, 0.717) is 5.75 Å². The molecule has 0 aliphatic rings. The zero-order valence-corrected chi connectivity index (χ0v) is 19.1. The number of rotatable bonds is 7. The second-order valence-corrected chi connectivity index (χ2v) is 9.35. The molecule has 0 saturated heterocycles. The summed E-state index contributed by atoms with van der Waals surface area (Å²) < 4.78 is 6.24. The van der Waals surface area contributed by atoms with E-state index >= 15 is 0 Å². The predicted octanol–water partition coefficient (Wildman–Crippen LogP) is 7.87. The van der Waals surface area contributed by atoms with Gasteiger partial charge >= 0.3 is 5.97 Å². The van der Waals surface area contributed by atoms with Gasteiger partial charge in [0, 0.05) is 27.8 Å². The SMILES string of the molecule is CC(CSCc1cccc(-c2cccc(-c3cccc4c3oc3ccccc34)c2)c1)C(=O)O. The number of thioether (sulfide) groups is 1. The first-order valence-electron chi connectivity index (χ1n) is 11.0. The zero-order chi connectivity index (χ0) is 22.8. The Bertz CT molecular complexity index is 1450. The van der Waals surface area contributed by atoms with Gasteiger partial charge < -0.3 is 9.52 Å². The lowest BCUT2D eigenvalue weighted by molar-refractivity contribution is -0.140. The third kappa shape index (κ3) is 4.39. The van der Waals surface area contributed by atoms with Crippen molar-refractivity contribution < 1.29 is 14.3 Å². The molecule has 4 aromatic carbocycles. The number of para-hydroxylation sites is 2. The number of carboxylic acid groups (broad SMARTS) is 1. The number of aliphatic carboxylic acids is 1. The van der Waals surface area contributed by atoms with Crippen molar-refractivity contribution in [2.75, 3.05) is 5.75 Å². The van der Waals surface area contributed by atoms with Gasteiger partial charge in [-0.1, -0.05) is 85.8 Å². The third-order valence-corrected chi connectivity index (χ3v) is 7.17. The molecule has 0 radical (unpaired) electrons. The Morgan fingerprint density at radius 3 is 2.39 bits per heavy atom. The van der Waals surface area contributed by atoms with Crippen LogP contribution in [-0.2, 0) is 10.5 Å². The lowest BCUT2D eigenvalue weighted by Gasteiger charge is -2.09. The lowest BCUT2D eigenvalue weighted by Crippen LogP contribution is -2.11. The van der Waals surface area contributed by atoms with E-state index in [1.807, 2.05) is 18.2 Å². The maximum Gasteiger partial charge on any atom is 0.307 e. The Balaban J connectivity index is 1.45. The number of benzene rings is 4. The summed E-state index contributed by atoms with van der Waals surface area (Å²) in [5.41, 5.74) is 7.50. The fourth-order valence-corrected chi connectivity index (χ4v) is 5.14. The predicted molar refractivity (Wildman–Crippen MR) is 138 cm³/mol. The van der Waals surface area contributed by atoms with Gasteiger partial charge in [0.2, 0.25) is 0 Å². The molecule has 1 atom stereocenters. The number of hydrogen-bond acceptors (Lipinski definition) is 3. The van der Waals surface area contributed by atoms with E-state index in [9.17, 15) is 4.79 Å². The van der Waals surface area contributed by atoms with Crippen LogP contribution in [0.1, 0.15) is 12.5 Å². The van der Waals surface area contributed by atoms with Crippen LogP contribution in [0.4, 0.5) is 0 Å². The molecule has 0 aliphatic carbocycles. The molecule has 1 N–H and O–H groups in total. The van der Waals surface area contributed by atoms with E-state index in [1.54, 1.807) is 18.7 Å². The highest BCUT2D eigenvalue weighted by atomic mass is 32.2. The molecule has 4 heteroatoms. The fraction of sp³-hybridized carbons (Fsp3) is 0.138. The number of carbonyl (C=O) groups is 1. The summed E-state index contributed by atoms with van der Waals surface area (Å²) in [4.78, 5) is 11.0. The molecule has 0 saturated carbocycles. The smallest absolute Gasteiger partial charge is 0.307 e. The van der Waals surface area contributed by atoms with Gasteiger partial charge in [0.1, 0.15) is 11.2 Å². The van der Waals surface area contributed by atoms with E-state index in [-0.39, 0.29) is 5.92 Å². The van der Waals surface area contributed by atoms with E-state index in [4.69, 9.17) is 9.52 Å². The van der Waals surface area contributed by atoms with Gasteiger partial charge in [-0.3, -0.25) is 4.79 Å². The molecule has 0 amide bonds. The number of carboxylic acids is 1. The van der Waals surface area contributed by atoms with Crippen LogP contribution in [0.25, 0.3) is 44.2 Å². The van der Waals surface area contributed by atoms with Crippen LogP contribution in [0.15, 0.2) is 95.4 Å². The van der Waals surface area contributed by atoms with Crippen molar-refractivity contribution in [2.45, 2.75) is 12.7 Å². The van der Waals surface area contributed by atoms with E-state index in [0.717, 1.165) is 49.9 Å². The quantitative estimate of drug-likeness (QED) is 0.273. The molecule has 164 valence electrons. The molecule has 3 nitrogen and oxygen atoms in total. The normalized spacial score (nSPS) is 12.3. The third-order valence-electron chi connectivity index (χ3n) is 5.90. The summed E-state index contributed by atoms with van der Waals surface area (Å²) >= 11 is 1.66. The average molecular weight is 453 g/mol. The largest absolute Gasteiger partial charge is 0.481 e. The summed E-state index contributed by atoms with van der Waals surface area (Å²) in [5.74, 6) is 0.323. The molecule has 0 bridgehead atoms. The van der Waals surface area contributed by atoms with Crippen molar-refractivity contribution in [2.24, 2.45) is 5.92 Å². The molecule has 1 aromatic heterocycles. The molecule has 0 spiro atoms. The van der Waals surface area contributed by atoms with Crippen molar-refractivity contribution >= 4 is 39.7 Å². The summed E-state index contributed by atoms with van der Waals surface area (Å²) in [7, 11) is 0. The second kappa shape index (κ2) is 9.16. The van der Waals surface area contributed by atoms with Gasteiger partial charge in [-0.25, -0.2) is 0 Å². The first kappa shape index (κ1) is 21.4. The van der Waals surface area contributed by atoms with Gasteiger partial charge in [-0.2, -0.15) is 11.8 Å². The van der Waals surface area contributed by atoms with Crippen LogP contribution in [0, 0.1) is 5.92 Å². The van der Waals surface area contributed by atoms with Gasteiger partial charge in [0.25, 0.3) is 0 Å². The van der Waals surface area contributed by atoms with Crippen LogP contribution >= 0.6 is 11.8 Å². The standard InChI is InChI=1S/C29H24O3S/c1-19(29(30)31)17-33-18-20-7-4-8-21(15-20)22-9-5-10-23(16-22)24-12-6-13-26-25-11-2-3-14-27(25)32-28(24)26/h2-16,19H,17-18H2,1H3,(H,30,31). The molecule has 5 aromatic rings. The van der Waals surface area contributed by atoms with E-state index < -0.39 is 5.97 Å². The molecule has 5 rings (SSSR count). The van der Waals surface area contributed by atoms with E-state index in [2.05, 4.69) is 72.8 Å². The number of hydrogen-bond donors (Lipinski definition) is 1. The van der Waals surface area contributed by atoms with Crippen molar-refractivity contribution in [3.8, 4) is 22.3 Å². The summed E-state index contributed by atoms with van der Waals surface area (Å²) in [6, 6.07) is 31.5. The molecular formula is C29H24O3S. The lowest BCUT2D eigenvalue weighted by atomic mass is 9.97. The minimum absolute atomic E-state index is 0.337. The van der Waals surface area contributed by atoms with Crippen molar-refractivity contribution in [3.63, 3.8) is 0 Å². The van der Waals surface area contributed by atoms with Crippen molar-refractivity contribution in [3.05, 3.63) is 96.6 Å². The Labute approximate surface area is 197 Å². The second-order valence-electron chi connectivity index (χ2n) is 8.32. The summed E-state index contributed by atoms with van der Waals surface area (Å²) in [6.07, 6.45) is 0. The van der Waals surface area contributed by atoms with Gasteiger partial charge in [-0.15, -0.1) is 0 Å². The topological polar surface area (TPSA) is 50.4 Å². The zero-order valence-electron chi connectivity index (χ0n) is 18.3.